The summed E-state index contributed by atoms with van der Waals surface area (Å²) < 4.78 is 5.10. The van der Waals surface area contributed by atoms with E-state index in [4.69, 9.17) is 4.74 Å². The first kappa shape index (κ1) is 11.7. The van der Waals surface area contributed by atoms with Crippen molar-refractivity contribution < 1.29 is 14.3 Å². The van der Waals surface area contributed by atoms with E-state index in [1.165, 1.54) is 0 Å². The van der Waals surface area contributed by atoms with Gasteiger partial charge in [-0.2, -0.15) is 0 Å². The number of carbonyl (C=O) groups is 2. The number of benzene rings is 2. The zero-order valence-corrected chi connectivity index (χ0v) is 10.4. The number of ether oxygens (including phenoxy) is 1. The quantitative estimate of drug-likeness (QED) is 0.771. The lowest BCUT2D eigenvalue weighted by Gasteiger charge is -2.10. The Bertz CT molecular complexity index is 656. The first-order valence-corrected chi connectivity index (χ1v) is 6.04. The van der Waals surface area contributed by atoms with E-state index in [9.17, 15) is 9.59 Å². The van der Waals surface area contributed by atoms with E-state index < -0.39 is 11.7 Å². The lowest BCUT2D eigenvalue weighted by Crippen LogP contribution is -2.13. The van der Waals surface area contributed by atoms with Crippen LogP contribution in [-0.2, 0) is 4.79 Å². The number of rotatable bonds is 2. The zero-order chi connectivity index (χ0) is 13.4. The summed E-state index contributed by atoms with van der Waals surface area (Å²) >= 11 is 0. The van der Waals surface area contributed by atoms with Crippen molar-refractivity contribution in [2.45, 2.75) is 5.92 Å². The molecular formula is C16H12O3. The summed E-state index contributed by atoms with van der Waals surface area (Å²) in [4.78, 5) is 24.1. The van der Waals surface area contributed by atoms with Gasteiger partial charge in [0.15, 0.2) is 0 Å². The molecule has 2 aromatic rings. The van der Waals surface area contributed by atoms with Crippen LogP contribution in [0.5, 0.6) is 5.75 Å². The van der Waals surface area contributed by atoms with Gasteiger partial charge in [0.05, 0.1) is 13.0 Å². The fourth-order valence-electron chi connectivity index (χ4n) is 2.49. The molecule has 0 aliphatic heterocycles. The third-order valence-corrected chi connectivity index (χ3v) is 3.45. The molecule has 94 valence electrons. The standard InChI is InChI=1S/C16H12O3/c1-19-11-8-6-10(7-9-11)14-12-4-2-3-5-13(12)15(17)16(14)18/h2-9,14H,1H3. The highest BCUT2D eigenvalue weighted by Crippen LogP contribution is 2.35. The van der Waals surface area contributed by atoms with Crippen molar-refractivity contribution in [2.75, 3.05) is 7.11 Å². The van der Waals surface area contributed by atoms with Gasteiger partial charge in [-0.1, -0.05) is 36.4 Å². The second-order valence-electron chi connectivity index (χ2n) is 4.49. The zero-order valence-electron chi connectivity index (χ0n) is 10.4. The molecule has 0 radical (unpaired) electrons. The highest BCUT2D eigenvalue weighted by atomic mass is 16.5. The van der Waals surface area contributed by atoms with E-state index in [0.717, 1.165) is 16.9 Å². The SMILES string of the molecule is COc1ccc(C2C(=O)C(=O)c3ccccc32)cc1. The summed E-state index contributed by atoms with van der Waals surface area (Å²) in [5.74, 6) is -0.494. The maximum Gasteiger partial charge on any atom is 0.229 e. The van der Waals surface area contributed by atoms with Crippen LogP contribution in [0.2, 0.25) is 0 Å². The van der Waals surface area contributed by atoms with Crippen LogP contribution in [-0.4, -0.2) is 18.7 Å². The topological polar surface area (TPSA) is 43.4 Å². The molecule has 0 N–H and O–H groups in total. The lowest BCUT2D eigenvalue weighted by molar-refractivity contribution is -0.115. The van der Waals surface area contributed by atoms with Crippen molar-refractivity contribution in [3.8, 4) is 5.75 Å². The Morgan fingerprint density at radius 1 is 0.947 bits per heavy atom. The molecule has 0 fully saturated rings. The molecule has 3 rings (SSSR count). The minimum atomic E-state index is -0.477. The van der Waals surface area contributed by atoms with Crippen molar-refractivity contribution >= 4 is 11.6 Å². The van der Waals surface area contributed by atoms with Crippen LogP contribution in [0.15, 0.2) is 48.5 Å². The van der Waals surface area contributed by atoms with Gasteiger partial charge in [-0.15, -0.1) is 0 Å². The van der Waals surface area contributed by atoms with Crippen molar-refractivity contribution in [3.05, 3.63) is 65.2 Å². The molecule has 19 heavy (non-hydrogen) atoms. The third-order valence-electron chi connectivity index (χ3n) is 3.45. The molecule has 1 unspecified atom stereocenters. The van der Waals surface area contributed by atoms with E-state index in [1.54, 1.807) is 31.4 Å². The van der Waals surface area contributed by atoms with E-state index in [1.807, 2.05) is 24.3 Å². The minimum absolute atomic E-state index is 0.355. The smallest absolute Gasteiger partial charge is 0.229 e. The third kappa shape index (κ3) is 1.74. The van der Waals surface area contributed by atoms with Crippen LogP contribution >= 0.6 is 0 Å². The molecule has 0 saturated carbocycles. The average molecular weight is 252 g/mol. The lowest BCUT2D eigenvalue weighted by atomic mass is 9.92. The van der Waals surface area contributed by atoms with Crippen molar-refractivity contribution in [2.24, 2.45) is 0 Å². The van der Waals surface area contributed by atoms with Gasteiger partial charge in [0.1, 0.15) is 5.75 Å². The molecule has 3 nitrogen and oxygen atoms in total. The largest absolute Gasteiger partial charge is 0.497 e. The second-order valence-corrected chi connectivity index (χ2v) is 4.49. The van der Waals surface area contributed by atoms with Gasteiger partial charge in [-0.25, -0.2) is 0 Å². The molecule has 0 heterocycles. The van der Waals surface area contributed by atoms with Crippen molar-refractivity contribution in [1.82, 2.24) is 0 Å². The average Bonchev–Trinajstić information content (AvgIpc) is 2.72. The van der Waals surface area contributed by atoms with Crippen LogP contribution in [0, 0.1) is 0 Å². The number of fused-ring (bicyclic) bond motifs is 1. The minimum Gasteiger partial charge on any atom is -0.497 e. The Kier molecular flexibility index (Phi) is 2.67. The van der Waals surface area contributed by atoms with Crippen LogP contribution in [0.25, 0.3) is 0 Å². The molecule has 0 amide bonds. The predicted octanol–water partition coefficient (Wildman–Crippen LogP) is 2.59. The summed E-state index contributed by atoms with van der Waals surface area (Å²) in [6, 6.07) is 14.4. The van der Waals surface area contributed by atoms with E-state index >= 15 is 0 Å². The summed E-state index contributed by atoms with van der Waals surface area (Å²) in [6.07, 6.45) is 0. The molecule has 3 heteroatoms. The monoisotopic (exact) mass is 252 g/mol. The van der Waals surface area contributed by atoms with Gasteiger partial charge in [-0.3, -0.25) is 9.59 Å². The molecule has 2 aromatic carbocycles. The van der Waals surface area contributed by atoms with Crippen LogP contribution < -0.4 is 4.74 Å². The Hall–Kier alpha value is -2.42. The summed E-state index contributed by atoms with van der Waals surface area (Å²) in [5, 5.41) is 0. The fraction of sp³-hybridized carbons (Fsp3) is 0.125. The summed E-state index contributed by atoms with van der Waals surface area (Å²) in [6.45, 7) is 0. The number of hydrogen-bond acceptors (Lipinski definition) is 3. The fourth-order valence-corrected chi connectivity index (χ4v) is 2.49. The van der Waals surface area contributed by atoms with Gasteiger partial charge in [-0.05, 0) is 23.3 Å². The number of Topliss-reactive ketones (excluding diaryl/α,β-unsaturated/α-hetero) is 2. The van der Waals surface area contributed by atoms with Gasteiger partial charge in [0.2, 0.25) is 11.6 Å². The molecule has 0 bridgehead atoms. The summed E-state index contributed by atoms with van der Waals surface area (Å²) in [5.41, 5.74) is 2.14. The Labute approximate surface area is 110 Å². The van der Waals surface area contributed by atoms with Gasteiger partial charge < -0.3 is 4.74 Å². The molecule has 0 aromatic heterocycles. The molecule has 1 aliphatic rings. The van der Waals surface area contributed by atoms with E-state index in [2.05, 4.69) is 0 Å². The molecular weight excluding hydrogens is 240 g/mol. The van der Waals surface area contributed by atoms with Crippen LogP contribution in [0.4, 0.5) is 0 Å². The second kappa shape index (κ2) is 4.35. The number of hydrogen-bond donors (Lipinski definition) is 0. The van der Waals surface area contributed by atoms with E-state index in [0.29, 0.717) is 5.56 Å². The van der Waals surface area contributed by atoms with Gasteiger partial charge >= 0.3 is 0 Å². The maximum absolute atomic E-state index is 12.1. The Morgan fingerprint density at radius 3 is 2.32 bits per heavy atom. The summed E-state index contributed by atoms with van der Waals surface area (Å²) in [7, 11) is 1.59. The van der Waals surface area contributed by atoms with Crippen LogP contribution in [0.3, 0.4) is 0 Å². The first-order chi connectivity index (χ1) is 9.22. The van der Waals surface area contributed by atoms with Crippen molar-refractivity contribution in [3.63, 3.8) is 0 Å². The Balaban J connectivity index is 2.09. The first-order valence-electron chi connectivity index (χ1n) is 6.04. The molecule has 0 spiro atoms. The highest BCUT2D eigenvalue weighted by Gasteiger charge is 2.38. The molecule has 1 aliphatic carbocycles. The molecule has 1 atom stereocenters. The number of methoxy groups -OCH3 is 1. The Morgan fingerprint density at radius 2 is 1.63 bits per heavy atom. The van der Waals surface area contributed by atoms with E-state index in [-0.39, 0.29) is 5.78 Å². The van der Waals surface area contributed by atoms with Gasteiger partial charge in [0.25, 0.3) is 0 Å². The maximum atomic E-state index is 12.1. The van der Waals surface area contributed by atoms with Gasteiger partial charge in [0, 0.05) is 5.56 Å². The number of ketones is 2. The predicted molar refractivity (Wildman–Crippen MR) is 70.6 cm³/mol. The molecule has 0 saturated heterocycles. The highest BCUT2D eigenvalue weighted by molar-refractivity contribution is 6.49. The number of carbonyl (C=O) groups excluding carboxylic acids is 2. The van der Waals surface area contributed by atoms with Crippen molar-refractivity contribution in [1.29, 1.82) is 0 Å². The van der Waals surface area contributed by atoms with Crippen LogP contribution in [0.1, 0.15) is 27.4 Å². The normalized spacial score (nSPS) is 17.4.